The van der Waals surface area contributed by atoms with Crippen LogP contribution in [0.4, 0.5) is 0 Å². The van der Waals surface area contributed by atoms with Crippen LogP contribution in [0.25, 0.3) is 0 Å². The Morgan fingerprint density at radius 1 is 1.04 bits per heavy atom. The first kappa shape index (κ1) is 18.9. The maximum Gasteiger partial charge on any atom is 0.124 e. The normalized spacial score (nSPS) is 15.1. The molecule has 140 valence electrons. The summed E-state index contributed by atoms with van der Waals surface area (Å²) >= 11 is 0. The summed E-state index contributed by atoms with van der Waals surface area (Å²) in [7, 11) is 0. The lowest BCUT2D eigenvalue weighted by molar-refractivity contribution is 0.0374. The Balaban J connectivity index is 1.41. The second-order valence-corrected chi connectivity index (χ2v) is 6.87. The third kappa shape index (κ3) is 6.13. The van der Waals surface area contributed by atoms with Gasteiger partial charge >= 0.3 is 0 Å². The van der Waals surface area contributed by atoms with E-state index in [1.165, 1.54) is 16.7 Å². The number of hydrogen-bond donors (Lipinski definition) is 1. The van der Waals surface area contributed by atoms with Crippen molar-refractivity contribution in [2.75, 3.05) is 39.4 Å². The maximum atomic E-state index is 6.05. The number of morpholine rings is 1. The Morgan fingerprint density at radius 3 is 2.62 bits per heavy atom. The van der Waals surface area contributed by atoms with Crippen molar-refractivity contribution in [3.05, 3.63) is 65.2 Å². The van der Waals surface area contributed by atoms with Gasteiger partial charge in [0.15, 0.2) is 0 Å². The Labute approximate surface area is 157 Å². The number of rotatable bonds is 9. The highest BCUT2D eigenvalue weighted by Gasteiger charge is 2.09. The van der Waals surface area contributed by atoms with Gasteiger partial charge in [0.2, 0.25) is 0 Å². The van der Waals surface area contributed by atoms with Crippen LogP contribution in [0.1, 0.15) is 23.1 Å². The molecule has 1 fully saturated rings. The molecular formula is C22H30N2O2. The van der Waals surface area contributed by atoms with Crippen molar-refractivity contribution in [2.24, 2.45) is 0 Å². The maximum absolute atomic E-state index is 6.05. The third-order valence-corrected chi connectivity index (χ3v) is 4.73. The molecule has 26 heavy (non-hydrogen) atoms. The molecule has 2 aromatic carbocycles. The first-order chi connectivity index (χ1) is 12.8. The van der Waals surface area contributed by atoms with Gasteiger partial charge in [-0.3, -0.25) is 4.90 Å². The van der Waals surface area contributed by atoms with Gasteiger partial charge in [-0.2, -0.15) is 0 Å². The smallest absolute Gasteiger partial charge is 0.124 e. The van der Waals surface area contributed by atoms with E-state index in [4.69, 9.17) is 9.47 Å². The molecule has 0 spiro atoms. The van der Waals surface area contributed by atoms with Crippen molar-refractivity contribution < 1.29 is 9.47 Å². The monoisotopic (exact) mass is 354 g/mol. The van der Waals surface area contributed by atoms with Crippen LogP contribution in [-0.2, 0) is 17.9 Å². The van der Waals surface area contributed by atoms with Crippen LogP contribution in [0, 0.1) is 6.92 Å². The lowest BCUT2D eigenvalue weighted by atomic mass is 10.1. The highest BCUT2D eigenvalue weighted by Crippen LogP contribution is 2.19. The van der Waals surface area contributed by atoms with Gasteiger partial charge < -0.3 is 14.8 Å². The number of ether oxygens (including phenoxy) is 2. The average molecular weight is 354 g/mol. The molecule has 4 heteroatoms. The largest absolute Gasteiger partial charge is 0.489 e. The number of hydrogen-bond acceptors (Lipinski definition) is 4. The lowest BCUT2D eigenvalue weighted by Gasteiger charge is -2.26. The highest BCUT2D eigenvalue weighted by atomic mass is 16.5. The number of aryl methyl sites for hydroxylation is 1. The van der Waals surface area contributed by atoms with E-state index in [1.54, 1.807) is 0 Å². The summed E-state index contributed by atoms with van der Waals surface area (Å²) in [6.07, 6.45) is 1.16. The van der Waals surface area contributed by atoms with Crippen LogP contribution in [0.15, 0.2) is 48.5 Å². The minimum Gasteiger partial charge on any atom is -0.489 e. The minimum atomic E-state index is 0.605. The molecule has 0 aliphatic carbocycles. The van der Waals surface area contributed by atoms with Crippen LogP contribution in [0.5, 0.6) is 5.75 Å². The molecule has 0 unspecified atom stereocenters. The quantitative estimate of drug-likeness (QED) is 0.700. The van der Waals surface area contributed by atoms with Crippen molar-refractivity contribution >= 4 is 0 Å². The van der Waals surface area contributed by atoms with Gasteiger partial charge in [-0.25, -0.2) is 0 Å². The summed E-state index contributed by atoms with van der Waals surface area (Å²) in [6, 6.07) is 16.8. The fourth-order valence-electron chi connectivity index (χ4n) is 3.11. The molecule has 0 radical (unpaired) electrons. The zero-order valence-electron chi connectivity index (χ0n) is 15.7. The number of para-hydroxylation sites is 1. The Hall–Kier alpha value is -1.88. The molecule has 0 saturated carbocycles. The molecule has 1 aliphatic heterocycles. The van der Waals surface area contributed by atoms with E-state index >= 15 is 0 Å². The molecule has 2 aromatic rings. The van der Waals surface area contributed by atoms with E-state index in [0.717, 1.165) is 58.1 Å². The van der Waals surface area contributed by atoms with E-state index in [9.17, 15) is 0 Å². The summed E-state index contributed by atoms with van der Waals surface area (Å²) in [5.41, 5.74) is 3.69. The summed E-state index contributed by atoms with van der Waals surface area (Å²) in [5, 5.41) is 3.55. The van der Waals surface area contributed by atoms with Gasteiger partial charge in [0.05, 0.1) is 13.2 Å². The zero-order valence-corrected chi connectivity index (χ0v) is 15.7. The molecule has 1 heterocycles. The van der Waals surface area contributed by atoms with E-state index in [-0.39, 0.29) is 0 Å². The first-order valence-electron chi connectivity index (χ1n) is 9.58. The Bertz CT molecular complexity index is 651. The Morgan fingerprint density at radius 2 is 1.81 bits per heavy atom. The van der Waals surface area contributed by atoms with E-state index in [1.807, 2.05) is 6.07 Å². The van der Waals surface area contributed by atoms with Crippen LogP contribution in [0.2, 0.25) is 0 Å². The number of nitrogens with zero attached hydrogens (tertiary/aromatic N) is 1. The van der Waals surface area contributed by atoms with E-state index in [0.29, 0.717) is 6.61 Å². The predicted molar refractivity (Wildman–Crippen MR) is 106 cm³/mol. The molecule has 0 aromatic heterocycles. The molecule has 1 N–H and O–H groups in total. The van der Waals surface area contributed by atoms with E-state index in [2.05, 4.69) is 59.6 Å². The molecule has 0 atom stereocenters. The molecule has 0 amide bonds. The van der Waals surface area contributed by atoms with Crippen LogP contribution in [-0.4, -0.2) is 44.3 Å². The highest BCUT2D eigenvalue weighted by molar-refractivity contribution is 5.33. The molecule has 0 bridgehead atoms. The van der Waals surface area contributed by atoms with Crippen molar-refractivity contribution in [2.45, 2.75) is 26.5 Å². The fourth-order valence-corrected chi connectivity index (χ4v) is 3.11. The van der Waals surface area contributed by atoms with E-state index < -0.39 is 0 Å². The second-order valence-electron chi connectivity index (χ2n) is 6.87. The van der Waals surface area contributed by atoms with Crippen molar-refractivity contribution in [1.82, 2.24) is 10.2 Å². The summed E-state index contributed by atoms with van der Waals surface area (Å²) < 4.78 is 11.4. The minimum absolute atomic E-state index is 0.605. The average Bonchev–Trinajstić information content (AvgIpc) is 2.69. The van der Waals surface area contributed by atoms with Crippen LogP contribution < -0.4 is 10.1 Å². The molecule has 3 rings (SSSR count). The summed E-state index contributed by atoms with van der Waals surface area (Å²) in [4.78, 5) is 2.48. The van der Waals surface area contributed by atoms with Crippen molar-refractivity contribution in [3.8, 4) is 5.75 Å². The van der Waals surface area contributed by atoms with Gasteiger partial charge in [-0.15, -0.1) is 0 Å². The van der Waals surface area contributed by atoms with Gasteiger partial charge in [-0.05, 0) is 38.1 Å². The fraction of sp³-hybridized carbons (Fsp3) is 0.455. The van der Waals surface area contributed by atoms with Crippen LogP contribution >= 0.6 is 0 Å². The standard InChI is InChI=1S/C22H30N2O2/c1-19-7-9-20(10-8-19)18-26-22-6-3-2-5-21(22)17-23-11-4-12-24-13-15-25-16-14-24/h2-3,5-10,23H,4,11-18H2,1H3. The lowest BCUT2D eigenvalue weighted by Crippen LogP contribution is -2.37. The third-order valence-electron chi connectivity index (χ3n) is 4.73. The topological polar surface area (TPSA) is 33.7 Å². The summed E-state index contributed by atoms with van der Waals surface area (Å²) in [5.74, 6) is 0.966. The molecule has 1 saturated heterocycles. The molecular weight excluding hydrogens is 324 g/mol. The molecule has 1 aliphatic rings. The molecule has 4 nitrogen and oxygen atoms in total. The summed E-state index contributed by atoms with van der Waals surface area (Å²) in [6.45, 7) is 9.58. The second kappa shape index (κ2) is 10.3. The van der Waals surface area contributed by atoms with Crippen molar-refractivity contribution in [1.29, 1.82) is 0 Å². The SMILES string of the molecule is Cc1ccc(COc2ccccc2CNCCCN2CCOCC2)cc1. The van der Waals surface area contributed by atoms with Gasteiger partial charge in [0.1, 0.15) is 12.4 Å². The van der Waals surface area contributed by atoms with Crippen molar-refractivity contribution in [3.63, 3.8) is 0 Å². The van der Waals surface area contributed by atoms with Gasteiger partial charge in [-0.1, -0.05) is 48.0 Å². The van der Waals surface area contributed by atoms with Gasteiger partial charge in [0.25, 0.3) is 0 Å². The Kier molecular flexibility index (Phi) is 7.50. The number of benzene rings is 2. The van der Waals surface area contributed by atoms with Gasteiger partial charge in [0, 0.05) is 25.2 Å². The first-order valence-corrected chi connectivity index (χ1v) is 9.58. The zero-order chi connectivity index (χ0) is 18.0. The predicted octanol–water partition coefficient (Wildman–Crippen LogP) is 3.39. The van der Waals surface area contributed by atoms with Crippen LogP contribution in [0.3, 0.4) is 0 Å². The number of nitrogens with one attached hydrogen (secondary N) is 1.